The van der Waals surface area contributed by atoms with E-state index in [9.17, 15) is 0 Å². The first-order valence-corrected chi connectivity index (χ1v) is 7.72. The summed E-state index contributed by atoms with van der Waals surface area (Å²) in [6, 6.07) is 8.16. The van der Waals surface area contributed by atoms with Gasteiger partial charge in [-0.1, -0.05) is 38.0 Å². The first-order valence-electron chi connectivity index (χ1n) is 7.72. The number of nitrogens with one attached hydrogen (secondary N) is 1. The van der Waals surface area contributed by atoms with E-state index in [0.717, 1.165) is 30.4 Å². The van der Waals surface area contributed by atoms with Crippen molar-refractivity contribution >= 4 is 0 Å². The fourth-order valence-electron chi connectivity index (χ4n) is 3.76. The fourth-order valence-corrected chi connectivity index (χ4v) is 3.76. The molecule has 3 nitrogen and oxygen atoms in total. The van der Waals surface area contributed by atoms with Gasteiger partial charge < -0.3 is 14.8 Å². The Hall–Kier alpha value is -1.06. The molecule has 1 aliphatic carbocycles. The van der Waals surface area contributed by atoms with Crippen LogP contribution in [0.5, 0.6) is 5.75 Å². The van der Waals surface area contributed by atoms with Gasteiger partial charge in [-0.2, -0.15) is 0 Å². The van der Waals surface area contributed by atoms with Gasteiger partial charge in [0.05, 0.1) is 19.8 Å². The van der Waals surface area contributed by atoms with Crippen molar-refractivity contribution in [3.05, 3.63) is 29.8 Å². The quantitative estimate of drug-likeness (QED) is 0.898. The Bertz CT molecular complexity index is 452. The molecule has 0 aromatic heterocycles. The zero-order chi connectivity index (χ0) is 14.0. The van der Waals surface area contributed by atoms with E-state index in [-0.39, 0.29) is 11.6 Å². The highest BCUT2D eigenvalue weighted by Gasteiger charge is 2.39. The molecule has 3 unspecified atom stereocenters. The van der Waals surface area contributed by atoms with Crippen LogP contribution in [0.1, 0.15) is 44.3 Å². The van der Waals surface area contributed by atoms with E-state index in [4.69, 9.17) is 9.47 Å². The maximum Gasteiger partial charge on any atom is 0.124 e. The second-order valence-electron chi connectivity index (χ2n) is 6.40. The van der Waals surface area contributed by atoms with E-state index >= 15 is 0 Å². The molecule has 1 aromatic carbocycles. The van der Waals surface area contributed by atoms with Crippen LogP contribution in [0.3, 0.4) is 0 Å². The molecule has 0 radical (unpaired) electrons. The Labute approximate surface area is 121 Å². The second kappa shape index (κ2) is 5.74. The van der Waals surface area contributed by atoms with Crippen molar-refractivity contribution in [2.24, 2.45) is 5.92 Å². The van der Waals surface area contributed by atoms with Crippen molar-refractivity contribution in [3.63, 3.8) is 0 Å². The van der Waals surface area contributed by atoms with Gasteiger partial charge in [0.1, 0.15) is 5.75 Å². The maximum absolute atomic E-state index is 6.21. The second-order valence-corrected chi connectivity index (χ2v) is 6.40. The lowest BCUT2D eigenvalue weighted by Gasteiger charge is -2.45. The van der Waals surface area contributed by atoms with Crippen molar-refractivity contribution in [1.29, 1.82) is 0 Å². The highest BCUT2D eigenvalue weighted by atomic mass is 16.5. The average molecular weight is 275 g/mol. The van der Waals surface area contributed by atoms with Crippen molar-refractivity contribution in [1.82, 2.24) is 5.32 Å². The number of morpholine rings is 1. The summed E-state index contributed by atoms with van der Waals surface area (Å²) in [6.45, 7) is 4.06. The molecule has 110 valence electrons. The predicted molar refractivity (Wildman–Crippen MR) is 80.1 cm³/mol. The molecule has 1 saturated carbocycles. The first-order chi connectivity index (χ1) is 9.72. The minimum absolute atomic E-state index is 0.106. The molecule has 0 amide bonds. The van der Waals surface area contributed by atoms with Crippen molar-refractivity contribution in [2.75, 3.05) is 20.3 Å². The van der Waals surface area contributed by atoms with Crippen molar-refractivity contribution in [2.45, 2.75) is 44.2 Å². The highest BCUT2D eigenvalue weighted by Crippen LogP contribution is 2.37. The predicted octanol–water partition coefficient (Wildman–Crippen LogP) is 3.31. The average Bonchev–Trinajstić information content (AvgIpc) is 2.48. The fraction of sp³-hybridized carbons (Fsp3) is 0.647. The third-order valence-corrected chi connectivity index (χ3v) is 4.80. The lowest BCUT2D eigenvalue weighted by molar-refractivity contribution is -0.0534. The summed E-state index contributed by atoms with van der Waals surface area (Å²) >= 11 is 0. The minimum Gasteiger partial charge on any atom is -0.496 e. The van der Waals surface area contributed by atoms with Crippen LogP contribution in [-0.4, -0.2) is 25.8 Å². The monoisotopic (exact) mass is 275 g/mol. The number of hydrogen-bond acceptors (Lipinski definition) is 3. The van der Waals surface area contributed by atoms with Crippen LogP contribution in [0.2, 0.25) is 0 Å². The Balaban J connectivity index is 1.69. The number of rotatable bonds is 2. The lowest BCUT2D eigenvalue weighted by Crippen LogP contribution is -2.57. The lowest BCUT2D eigenvalue weighted by atomic mass is 9.76. The van der Waals surface area contributed by atoms with E-state index < -0.39 is 0 Å². The van der Waals surface area contributed by atoms with Crippen molar-refractivity contribution in [3.8, 4) is 5.75 Å². The molecule has 1 N–H and O–H groups in total. The first kappa shape index (κ1) is 13.9. The zero-order valence-corrected chi connectivity index (χ0v) is 12.5. The van der Waals surface area contributed by atoms with Crippen LogP contribution >= 0.6 is 0 Å². The van der Waals surface area contributed by atoms with E-state index in [2.05, 4.69) is 18.3 Å². The smallest absolute Gasteiger partial charge is 0.124 e. The molecule has 1 aliphatic heterocycles. The molecule has 0 bridgehead atoms. The molecule has 1 spiro atoms. The summed E-state index contributed by atoms with van der Waals surface area (Å²) in [7, 11) is 1.72. The molecule has 3 atom stereocenters. The van der Waals surface area contributed by atoms with Crippen LogP contribution in [0.15, 0.2) is 24.3 Å². The summed E-state index contributed by atoms with van der Waals surface area (Å²) in [6.07, 6.45) is 5.27. The van der Waals surface area contributed by atoms with E-state index in [1.165, 1.54) is 25.7 Å². The van der Waals surface area contributed by atoms with Crippen LogP contribution < -0.4 is 10.1 Å². The molecule has 20 heavy (non-hydrogen) atoms. The van der Waals surface area contributed by atoms with Gasteiger partial charge in [-0.05, 0) is 24.8 Å². The van der Waals surface area contributed by atoms with Gasteiger partial charge in [0.2, 0.25) is 0 Å². The molecular formula is C17H25NO2. The zero-order valence-electron chi connectivity index (χ0n) is 12.5. The van der Waals surface area contributed by atoms with Gasteiger partial charge in [-0.15, -0.1) is 0 Å². The highest BCUT2D eigenvalue weighted by molar-refractivity contribution is 5.35. The number of para-hydroxylation sites is 1. The minimum atomic E-state index is 0.106. The van der Waals surface area contributed by atoms with Gasteiger partial charge >= 0.3 is 0 Å². The molecule has 3 heteroatoms. The van der Waals surface area contributed by atoms with Gasteiger partial charge in [0.15, 0.2) is 0 Å². The molecule has 1 heterocycles. The molecule has 1 aromatic rings. The van der Waals surface area contributed by atoms with Gasteiger partial charge in [-0.3, -0.25) is 0 Å². The van der Waals surface area contributed by atoms with Crippen LogP contribution in [0, 0.1) is 5.92 Å². The maximum atomic E-state index is 6.21. The summed E-state index contributed by atoms with van der Waals surface area (Å²) in [4.78, 5) is 0. The van der Waals surface area contributed by atoms with Gasteiger partial charge in [-0.25, -0.2) is 0 Å². The van der Waals surface area contributed by atoms with Gasteiger partial charge in [0.25, 0.3) is 0 Å². The normalized spacial score (nSPS) is 34.1. The Morgan fingerprint density at radius 1 is 1.35 bits per heavy atom. The van der Waals surface area contributed by atoms with Crippen LogP contribution in [-0.2, 0) is 4.74 Å². The molecule has 2 aliphatic rings. The third kappa shape index (κ3) is 2.70. The van der Waals surface area contributed by atoms with Crippen molar-refractivity contribution < 1.29 is 9.47 Å². The van der Waals surface area contributed by atoms with E-state index in [1.54, 1.807) is 7.11 Å². The number of hydrogen-bond donors (Lipinski definition) is 1. The summed E-state index contributed by atoms with van der Waals surface area (Å²) < 4.78 is 11.7. The Morgan fingerprint density at radius 3 is 2.90 bits per heavy atom. The Kier molecular flexibility index (Phi) is 3.99. The standard InChI is InChI=1S/C17H25NO2/c1-13-6-5-9-17(10-13)12-20-16(11-18-17)14-7-3-4-8-15(14)19-2/h3-4,7-8,13,16,18H,5-6,9-12H2,1-2H3. The van der Waals surface area contributed by atoms with Crippen LogP contribution in [0.4, 0.5) is 0 Å². The summed E-state index contributed by atoms with van der Waals surface area (Å²) in [5.74, 6) is 1.73. The SMILES string of the molecule is COc1ccccc1C1CNC2(CCCC(C)C2)CO1. The topological polar surface area (TPSA) is 30.5 Å². The molecule has 1 saturated heterocycles. The van der Waals surface area contributed by atoms with Gasteiger partial charge in [0, 0.05) is 17.6 Å². The molecule has 2 fully saturated rings. The number of benzene rings is 1. The van der Waals surface area contributed by atoms with E-state index in [1.807, 2.05) is 18.2 Å². The van der Waals surface area contributed by atoms with Crippen LogP contribution in [0.25, 0.3) is 0 Å². The van der Waals surface area contributed by atoms with E-state index in [0.29, 0.717) is 0 Å². The summed E-state index contributed by atoms with van der Waals surface area (Å²) in [5, 5.41) is 3.78. The number of ether oxygens (including phenoxy) is 2. The Morgan fingerprint density at radius 2 is 2.20 bits per heavy atom. The summed E-state index contributed by atoms with van der Waals surface area (Å²) in [5.41, 5.74) is 1.37. The molecule has 3 rings (SSSR count). The largest absolute Gasteiger partial charge is 0.496 e. The molecular weight excluding hydrogens is 250 g/mol. The third-order valence-electron chi connectivity index (χ3n) is 4.80. The number of methoxy groups -OCH3 is 1.